The van der Waals surface area contributed by atoms with Crippen molar-refractivity contribution >= 4 is 11.8 Å². The van der Waals surface area contributed by atoms with Gasteiger partial charge in [-0.15, -0.1) is 0 Å². The van der Waals surface area contributed by atoms with Gasteiger partial charge in [0.25, 0.3) is 5.91 Å². The third-order valence-corrected chi connectivity index (χ3v) is 4.58. The predicted molar refractivity (Wildman–Crippen MR) is 92.4 cm³/mol. The Balaban J connectivity index is 1.80. The van der Waals surface area contributed by atoms with E-state index < -0.39 is 0 Å². The van der Waals surface area contributed by atoms with Crippen LogP contribution in [0.5, 0.6) is 0 Å². The molecule has 0 saturated heterocycles. The summed E-state index contributed by atoms with van der Waals surface area (Å²) in [6.45, 7) is 5.16. The molecule has 0 bridgehead atoms. The third kappa shape index (κ3) is 5.08. The summed E-state index contributed by atoms with van der Waals surface area (Å²) in [6.07, 6.45) is 6.35. The zero-order valence-electron chi connectivity index (χ0n) is 14.3. The average Bonchev–Trinajstić information content (AvgIpc) is 2.56. The second-order valence-corrected chi connectivity index (χ2v) is 6.35. The molecule has 1 aromatic carbocycles. The van der Waals surface area contributed by atoms with Crippen LogP contribution in [0.1, 0.15) is 61.4 Å². The van der Waals surface area contributed by atoms with Gasteiger partial charge in [0.15, 0.2) is 0 Å². The molecule has 2 rings (SSSR count). The van der Waals surface area contributed by atoms with Gasteiger partial charge in [0.1, 0.15) is 0 Å². The third-order valence-electron chi connectivity index (χ3n) is 4.58. The molecule has 1 fully saturated rings. The monoisotopic (exact) mass is 316 g/mol. The summed E-state index contributed by atoms with van der Waals surface area (Å²) in [5.74, 6) is 0.0474. The molecule has 126 valence electrons. The summed E-state index contributed by atoms with van der Waals surface area (Å²) in [4.78, 5) is 26.5. The van der Waals surface area contributed by atoms with Crippen molar-refractivity contribution in [2.75, 3.05) is 13.1 Å². The lowest BCUT2D eigenvalue weighted by atomic mass is 9.94. The number of hydrogen-bond donors (Lipinski definition) is 1. The molecule has 23 heavy (non-hydrogen) atoms. The second-order valence-electron chi connectivity index (χ2n) is 6.35. The van der Waals surface area contributed by atoms with Crippen molar-refractivity contribution in [3.63, 3.8) is 0 Å². The first-order chi connectivity index (χ1) is 11.1. The zero-order valence-corrected chi connectivity index (χ0v) is 14.3. The molecule has 0 aliphatic heterocycles. The fourth-order valence-electron chi connectivity index (χ4n) is 3.35. The van der Waals surface area contributed by atoms with Crippen LogP contribution in [0.4, 0.5) is 0 Å². The molecule has 0 atom stereocenters. The highest BCUT2D eigenvalue weighted by molar-refractivity contribution is 5.94. The Labute approximate surface area is 139 Å². The largest absolute Gasteiger partial charge is 0.352 e. The quantitative estimate of drug-likeness (QED) is 0.875. The summed E-state index contributed by atoms with van der Waals surface area (Å²) >= 11 is 0. The minimum atomic E-state index is -0.109. The number of nitrogens with one attached hydrogen (secondary N) is 1. The SMILES string of the molecule is CCN(C(=O)CCNC(=O)c1cccc(C)c1)C1CCCCC1. The van der Waals surface area contributed by atoms with Crippen molar-refractivity contribution in [2.24, 2.45) is 0 Å². The van der Waals surface area contributed by atoms with E-state index in [1.54, 1.807) is 6.07 Å². The van der Waals surface area contributed by atoms with Crippen LogP contribution in [0.25, 0.3) is 0 Å². The number of rotatable bonds is 6. The predicted octanol–water partition coefficient (Wildman–Crippen LogP) is 3.30. The van der Waals surface area contributed by atoms with Crippen molar-refractivity contribution in [1.29, 1.82) is 0 Å². The summed E-state index contributed by atoms with van der Waals surface area (Å²) in [5.41, 5.74) is 1.71. The van der Waals surface area contributed by atoms with Crippen molar-refractivity contribution in [1.82, 2.24) is 10.2 Å². The van der Waals surface area contributed by atoms with Crippen LogP contribution in [0.3, 0.4) is 0 Å². The Morgan fingerprint density at radius 2 is 1.96 bits per heavy atom. The van der Waals surface area contributed by atoms with Crippen LogP contribution in [-0.2, 0) is 4.79 Å². The lowest BCUT2D eigenvalue weighted by Crippen LogP contribution is -2.42. The molecule has 1 aliphatic carbocycles. The van der Waals surface area contributed by atoms with Gasteiger partial charge in [-0.05, 0) is 38.8 Å². The van der Waals surface area contributed by atoms with Crippen LogP contribution in [0.2, 0.25) is 0 Å². The Hall–Kier alpha value is -1.84. The molecular weight excluding hydrogens is 288 g/mol. The number of hydrogen-bond acceptors (Lipinski definition) is 2. The van der Waals surface area contributed by atoms with E-state index in [0.29, 0.717) is 24.6 Å². The first-order valence-corrected chi connectivity index (χ1v) is 8.76. The van der Waals surface area contributed by atoms with Gasteiger partial charge in [0, 0.05) is 31.1 Å². The Morgan fingerprint density at radius 1 is 1.22 bits per heavy atom. The van der Waals surface area contributed by atoms with Crippen LogP contribution in [0.15, 0.2) is 24.3 Å². The zero-order chi connectivity index (χ0) is 16.7. The van der Waals surface area contributed by atoms with Crippen molar-refractivity contribution in [2.45, 2.75) is 58.4 Å². The van der Waals surface area contributed by atoms with Crippen molar-refractivity contribution in [3.8, 4) is 0 Å². The number of aryl methyl sites for hydroxylation is 1. The molecule has 0 spiro atoms. The number of nitrogens with zero attached hydrogens (tertiary/aromatic N) is 1. The van der Waals surface area contributed by atoms with E-state index in [1.807, 2.05) is 36.9 Å². The van der Waals surface area contributed by atoms with E-state index in [4.69, 9.17) is 0 Å². The van der Waals surface area contributed by atoms with E-state index in [1.165, 1.54) is 19.3 Å². The Kier molecular flexibility index (Phi) is 6.63. The minimum absolute atomic E-state index is 0.109. The highest BCUT2D eigenvalue weighted by Gasteiger charge is 2.23. The molecule has 0 unspecified atom stereocenters. The number of amides is 2. The maximum absolute atomic E-state index is 12.4. The van der Waals surface area contributed by atoms with E-state index in [-0.39, 0.29) is 11.8 Å². The molecule has 0 aromatic heterocycles. The highest BCUT2D eigenvalue weighted by atomic mass is 16.2. The summed E-state index contributed by atoms with van der Waals surface area (Å²) < 4.78 is 0. The number of carbonyl (C=O) groups excluding carboxylic acids is 2. The first kappa shape index (κ1) is 17.5. The standard InChI is InChI=1S/C19H28N2O2/c1-3-21(17-10-5-4-6-11-17)18(22)12-13-20-19(23)16-9-7-8-15(2)14-16/h7-9,14,17H,3-6,10-13H2,1-2H3,(H,20,23). The van der Waals surface area contributed by atoms with Gasteiger partial charge in [-0.25, -0.2) is 0 Å². The number of benzene rings is 1. The molecule has 0 heterocycles. The van der Waals surface area contributed by atoms with Gasteiger partial charge < -0.3 is 10.2 Å². The summed E-state index contributed by atoms with van der Waals surface area (Å²) in [5, 5.41) is 2.85. The molecule has 0 radical (unpaired) electrons. The Morgan fingerprint density at radius 3 is 2.61 bits per heavy atom. The smallest absolute Gasteiger partial charge is 0.251 e. The summed E-state index contributed by atoms with van der Waals surface area (Å²) in [6, 6.07) is 7.89. The minimum Gasteiger partial charge on any atom is -0.352 e. The van der Waals surface area contributed by atoms with Gasteiger partial charge in [-0.3, -0.25) is 9.59 Å². The van der Waals surface area contributed by atoms with Gasteiger partial charge in [-0.2, -0.15) is 0 Å². The van der Waals surface area contributed by atoms with E-state index >= 15 is 0 Å². The first-order valence-electron chi connectivity index (χ1n) is 8.76. The fourth-order valence-corrected chi connectivity index (χ4v) is 3.35. The van der Waals surface area contributed by atoms with Gasteiger partial charge in [-0.1, -0.05) is 37.0 Å². The van der Waals surface area contributed by atoms with E-state index in [0.717, 1.165) is 24.9 Å². The van der Waals surface area contributed by atoms with Crippen LogP contribution >= 0.6 is 0 Å². The molecule has 4 heteroatoms. The molecule has 1 aliphatic rings. The van der Waals surface area contributed by atoms with Crippen LogP contribution in [0, 0.1) is 6.92 Å². The normalized spacial score (nSPS) is 15.2. The summed E-state index contributed by atoms with van der Waals surface area (Å²) in [7, 11) is 0. The van der Waals surface area contributed by atoms with Crippen LogP contribution < -0.4 is 5.32 Å². The van der Waals surface area contributed by atoms with Crippen molar-refractivity contribution < 1.29 is 9.59 Å². The molecule has 1 N–H and O–H groups in total. The maximum Gasteiger partial charge on any atom is 0.251 e. The maximum atomic E-state index is 12.4. The number of carbonyl (C=O) groups is 2. The molecule has 4 nitrogen and oxygen atoms in total. The lowest BCUT2D eigenvalue weighted by Gasteiger charge is -2.33. The Bertz CT molecular complexity index is 536. The average molecular weight is 316 g/mol. The van der Waals surface area contributed by atoms with Gasteiger partial charge in [0.2, 0.25) is 5.91 Å². The molecular formula is C19H28N2O2. The molecule has 2 amide bonds. The second kappa shape index (κ2) is 8.70. The molecule has 1 aromatic rings. The van der Waals surface area contributed by atoms with Gasteiger partial charge in [0.05, 0.1) is 0 Å². The molecule has 1 saturated carbocycles. The topological polar surface area (TPSA) is 49.4 Å². The lowest BCUT2D eigenvalue weighted by molar-refractivity contribution is -0.133. The van der Waals surface area contributed by atoms with E-state index in [9.17, 15) is 9.59 Å². The fraction of sp³-hybridized carbons (Fsp3) is 0.579. The van der Waals surface area contributed by atoms with Crippen LogP contribution in [-0.4, -0.2) is 35.8 Å². The van der Waals surface area contributed by atoms with E-state index in [2.05, 4.69) is 5.32 Å². The van der Waals surface area contributed by atoms with Gasteiger partial charge >= 0.3 is 0 Å². The highest BCUT2D eigenvalue weighted by Crippen LogP contribution is 2.22. The van der Waals surface area contributed by atoms with Crippen molar-refractivity contribution in [3.05, 3.63) is 35.4 Å².